The third kappa shape index (κ3) is 4.69. The minimum atomic E-state index is -0.660. The third-order valence-electron chi connectivity index (χ3n) is 4.77. The lowest BCUT2D eigenvalue weighted by atomic mass is 10.2. The van der Waals surface area contributed by atoms with Crippen LogP contribution in [0.15, 0.2) is 82.2 Å². The Labute approximate surface area is 196 Å². The third-order valence-corrected chi connectivity index (χ3v) is 5.87. The molecule has 1 N–H and O–H groups in total. The van der Waals surface area contributed by atoms with Gasteiger partial charge in [-0.3, -0.25) is 24.3 Å². The number of furan rings is 1. The number of nitro groups is 1. The van der Waals surface area contributed by atoms with Gasteiger partial charge in [-0.05, 0) is 35.9 Å². The van der Waals surface area contributed by atoms with Crippen LogP contribution < -0.4 is 20.1 Å². The molecule has 4 aromatic rings. The molecule has 1 amide bonds. The van der Waals surface area contributed by atoms with Gasteiger partial charge in [0.1, 0.15) is 16.5 Å². The summed E-state index contributed by atoms with van der Waals surface area (Å²) in [6.07, 6.45) is 2.97. The predicted octanol–water partition coefficient (Wildman–Crippen LogP) is 2.22. The summed E-state index contributed by atoms with van der Waals surface area (Å²) in [4.78, 5) is 36.8. The summed E-state index contributed by atoms with van der Waals surface area (Å²) in [5.74, 6) is -0.149. The Balaban J connectivity index is 1.90. The highest BCUT2D eigenvalue weighted by molar-refractivity contribution is 7.07. The number of nitrogens with zero attached hydrogens (tertiary/aromatic N) is 3. The molecule has 0 bridgehead atoms. The summed E-state index contributed by atoms with van der Waals surface area (Å²) in [6, 6.07) is 19.7. The highest BCUT2D eigenvalue weighted by Gasteiger charge is 2.17. The lowest BCUT2D eigenvalue weighted by molar-refractivity contribution is -0.384. The van der Waals surface area contributed by atoms with Gasteiger partial charge in [-0.15, -0.1) is 11.3 Å². The van der Waals surface area contributed by atoms with Crippen molar-refractivity contribution in [2.45, 2.75) is 6.54 Å². The number of nitriles is 1. The molecule has 2 aromatic heterocycles. The van der Waals surface area contributed by atoms with Gasteiger partial charge in [-0.25, -0.2) is 0 Å². The second-order valence-electron chi connectivity index (χ2n) is 6.99. The molecule has 0 radical (unpaired) electrons. The van der Waals surface area contributed by atoms with Crippen molar-refractivity contribution in [1.82, 2.24) is 9.88 Å². The molecule has 2 aromatic carbocycles. The van der Waals surface area contributed by atoms with Crippen LogP contribution in [0.2, 0.25) is 0 Å². The number of nitro benzene ring substituents is 1. The number of amides is 1. The van der Waals surface area contributed by atoms with Gasteiger partial charge >= 0.3 is 0 Å². The zero-order valence-electron chi connectivity index (χ0n) is 17.5. The molecule has 9 nitrogen and oxygen atoms in total. The van der Waals surface area contributed by atoms with Crippen molar-refractivity contribution >= 4 is 34.6 Å². The smallest absolute Gasteiger partial charge is 0.273 e. The van der Waals surface area contributed by atoms with Gasteiger partial charge < -0.3 is 9.73 Å². The first-order valence-corrected chi connectivity index (χ1v) is 10.8. The average Bonchev–Trinajstić information content (AvgIpc) is 3.47. The topological polar surface area (TPSA) is 131 Å². The number of rotatable bonds is 6. The number of thiazole rings is 1. The standard InChI is InChI=1S/C24H16N4O5S/c25-14-20(22(29)26-15-19-10-5-11-33-19)24-27(17-7-2-1-3-8-17)23(30)21(34-24)13-16-6-4-9-18(12-16)28(31)32/h1-13H,15H2,(H,26,29). The van der Waals surface area contributed by atoms with Crippen molar-refractivity contribution in [2.75, 3.05) is 0 Å². The number of para-hydroxylation sites is 1. The number of non-ortho nitro benzene ring substituents is 1. The first-order chi connectivity index (χ1) is 16.5. The quantitative estimate of drug-likeness (QED) is 0.338. The van der Waals surface area contributed by atoms with E-state index in [1.54, 1.807) is 48.5 Å². The molecule has 0 aliphatic rings. The first-order valence-electron chi connectivity index (χ1n) is 9.96. The summed E-state index contributed by atoms with van der Waals surface area (Å²) >= 11 is 0.956. The Hall–Kier alpha value is -4.75. The molecule has 10 heteroatoms. The maximum Gasteiger partial charge on any atom is 0.273 e. The van der Waals surface area contributed by atoms with Gasteiger partial charge in [0.05, 0.1) is 28.0 Å². The Morgan fingerprint density at radius 1 is 1.18 bits per heavy atom. The summed E-state index contributed by atoms with van der Waals surface area (Å²) in [5.41, 5.74) is 0.111. The van der Waals surface area contributed by atoms with Crippen LogP contribution in [-0.4, -0.2) is 15.4 Å². The molecule has 0 spiro atoms. The van der Waals surface area contributed by atoms with Gasteiger partial charge in [-0.1, -0.05) is 30.3 Å². The highest BCUT2D eigenvalue weighted by atomic mass is 32.1. The maximum absolute atomic E-state index is 13.3. The molecule has 0 fully saturated rings. The fourth-order valence-corrected chi connectivity index (χ4v) is 4.31. The van der Waals surface area contributed by atoms with Crippen LogP contribution in [0, 0.1) is 21.4 Å². The minimum Gasteiger partial charge on any atom is -0.467 e. The largest absolute Gasteiger partial charge is 0.467 e. The normalized spacial score (nSPS) is 12.1. The van der Waals surface area contributed by atoms with E-state index in [1.807, 2.05) is 6.07 Å². The van der Waals surface area contributed by atoms with Crippen molar-refractivity contribution in [1.29, 1.82) is 5.26 Å². The van der Waals surface area contributed by atoms with Crippen LogP contribution in [0.5, 0.6) is 0 Å². The number of carbonyl (C=O) groups excluding carboxylic acids is 1. The number of benzene rings is 2. The molecule has 0 aliphatic heterocycles. The van der Waals surface area contributed by atoms with Gasteiger partial charge in [0.25, 0.3) is 17.2 Å². The molecular weight excluding hydrogens is 456 g/mol. The number of nitrogens with one attached hydrogen (secondary N) is 1. The zero-order chi connectivity index (χ0) is 24.1. The Morgan fingerprint density at radius 2 is 1.97 bits per heavy atom. The number of aromatic nitrogens is 1. The fourth-order valence-electron chi connectivity index (χ4n) is 3.21. The van der Waals surface area contributed by atoms with E-state index in [1.165, 1.54) is 35.1 Å². The molecule has 168 valence electrons. The molecule has 0 saturated heterocycles. The Bertz CT molecular complexity index is 1580. The Kier molecular flexibility index (Phi) is 6.47. The fraction of sp³-hybridized carbons (Fsp3) is 0.0417. The van der Waals surface area contributed by atoms with Crippen LogP contribution in [0.3, 0.4) is 0 Å². The number of carbonyl (C=O) groups is 1. The summed E-state index contributed by atoms with van der Waals surface area (Å²) in [5, 5.41) is 23.5. The molecule has 0 atom stereocenters. The number of hydrogen-bond donors (Lipinski definition) is 1. The molecule has 2 heterocycles. The van der Waals surface area contributed by atoms with E-state index in [9.17, 15) is 25.0 Å². The predicted molar refractivity (Wildman–Crippen MR) is 125 cm³/mol. The van der Waals surface area contributed by atoms with E-state index in [4.69, 9.17) is 4.42 Å². The van der Waals surface area contributed by atoms with Crippen LogP contribution in [0.4, 0.5) is 5.69 Å². The van der Waals surface area contributed by atoms with Crippen LogP contribution >= 0.6 is 11.3 Å². The summed E-state index contributed by atoms with van der Waals surface area (Å²) in [6.45, 7) is 0.0740. The number of hydrogen-bond acceptors (Lipinski definition) is 7. The van der Waals surface area contributed by atoms with E-state index in [-0.39, 0.29) is 27.0 Å². The summed E-state index contributed by atoms with van der Waals surface area (Å²) < 4.78 is 6.85. The molecule has 0 unspecified atom stereocenters. The maximum atomic E-state index is 13.3. The van der Waals surface area contributed by atoms with E-state index in [0.29, 0.717) is 17.0 Å². The second kappa shape index (κ2) is 9.81. The van der Waals surface area contributed by atoms with Crippen LogP contribution in [0.25, 0.3) is 17.3 Å². The molecule has 34 heavy (non-hydrogen) atoms. The Morgan fingerprint density at radius 3 is 2.65 bits per heavy atom. The second-order valence-corrected chi connectivity index (χ2v) is 8.02. The lowest BCUT2D eigenvalue weighted by Gasteiger charge is -2.04. The monoisotopic (exact) mass is 472 g/mol. The summed E-state index contributed by atoms with van der Waals surface area (Å²) in [7, 11) is 0. The lowest BCUT2D eigenvalue weighted by Crippen LogP contribution is -2.33. The van der Waals surface area contributed by atoms with E-state index < -0.39 is 16.4 Å². The van der Waals surface area contributed by atoms with Gasteiger partial charge in [0.2, 0.25) is 0 Å². The molecule has 4 rings (SSSR count). The van der Waals surface area contributed by atoms with E-state index in [0.717, 1.165) is 11.3 Å². The highest BCUT2D eigenvalue weighted by Crippen LogP contribution is 2.13. The van der Waals surface area contributed by atoms with Crippen LogP contribution in [-0.2, 0) is 11.3 Å². The van der Waals surface area contributed by atoms with Crippen molar-refractivity contribution < 1.29 is 14.1 Å². The van der Waals surface area contributed by atoms with Crippen molar-refractivity contribution in [3.8, 4) is 11.8 Å². The molecule has 0 aliphatic carbocycles. The molecule has 0 saturated carbocycles. The van der Waals surface area contributed by atoms with Gasteiger partial charge in [-0.2, -0.15) is 5.26 Å². The first kappa shape index (κ1) is 22.4. The SMILES string of the molecule is N#CC(C(=O)NCc1ccco1)=c1sc(=Cc2cccc([N+](=O)[O-])c2)c(=O)n1-c1ccccc1. The van der Waals surface area contributed by atoms with E-state index in [2.05, 4.69) is 5.32 Å². The van der Waals surface area contributed by atoms with Crippen molar-refractivity contribution in [3.05, 3.63) is 114 Å². The van der Waals surface area contributed by atoms with Crippen LogP contribution in [0.1, 0.15) is 11.3 Å². The van der Waals surface area contributed by atoms with E-state index >= 15 is 0 Å². The molecular formula is C24H16N4O5S. The van der Waals surface area contributed by atoms with Gasteiger partial charge in [0, 0.05) is 12.1 Å². The minimum absolute atomic E-state index is 0.0740. The van der Waals surface area contributed by atoms with Crippen molar-refractivity contribution in [3.63, 3.8) is 0 Å². The van der Waals surface area contributed by atoms with Crippen molar-refractivity contribution in [2.24, 2.45) is 0 Å². The van der Waals surface area contributed by atoms with Gasteiger partial charge in [0.15, 0.2) is 5.57 Å². The average molecular weight is 472 g/mol. The zero-order valence-corrected chi connectivity index (χ0v) is 18.3.